The van der Waals surface area contributed by atoms with Gasteiger partial charge in [-0.05, 0) is 19.1 Å². The van der Waals surface area contributed by atoms with Crippen LogP contribution in [0.1, 0.15) is 13.3 Å². The number of benzene rings is 1. The molecule has 0 aliphatic heterocycles. The maximum atomic E-state index is 13.1. The Morgan fingerprint density at radius 3 is 2.81 bits per heavy atom. The van der Waals surface area contributed by atoms with E-state index in [1.165, 1.54) is 6.92 Å². The van der Waals surface area contributed by atoms with E-state index in [1.807, 2.05) is 6.07 Å². The molecule has 3 nitrogen and oxygen atoms in total. The van der Waals surface area contributed by atoms with Crippen LogP contribution in [0.2, 0.25) is 0 Å². The highest BCUT2D eigenvalue weighted by atomic mass is 19.1. The van der Waals surface area contributed by atoms with Gasteiger partial charge in [0, 0.05) is 12.5 Å². The molecule has 0 heterocycles. The van der Waals surface area contributed by atoms with Gasteiger partial charge in [-0.15, -0.1) is 0 Å². The number of hydrogen-bond acceptors (Lipinski definition) is 3. The minimum absolute atomic E-state index is 0.0565. The fourth-order valence-electron chi connectivity index (χ4n) is 1.02. The predicted octanol–water partition coefficient (Wildman–Crippen LogP) is 1.97. The van der Waals surface area contributed by atoms with Gasteiger partial charge in [0.05, 0.1) is 12.7 Å². The molecule has 1 aromatic carbocycles. The van der Waals surface area contributed by atoms with E-state index >= 15 is 0 Å². The van der Waals surface area contributed by atoms with Crippen molar-refractivity contribution in [2.75, 3.05) is 6.61 Å². The van der Waals surface area contributed by atoms with Crippen molar-refractivity contribution in [2.24, 2.45) is 5.73 Å². The highest BCUT2D eigenvalue weighted by Gasteiger charge is 2.17. The molecular formula is C11H12F2N2O. The van der Waals surface area contributed by atoms with Crippen LogP contribution < -0.4 is 10.5 Å². The van der Waals surface area contributed by atoms with Crippen molar-refractivity contribution in [1.29, 1.82) is 5.26 Å². The lowest BCUT2D eigenvalue weighted by molar-refractivity contribution is 0.272. The standard InChI is InChI=1S/C11H12F2N2O/c1-11(15,7-14)4-5-16-10-6-8(12)2-3-9(10)13/h2-3,6H,4-5,15H2,1H3. The van der Waals surface area contributed by atoms with Gasteiger partial charge in [-0.3, -0.25) is 0 Å². The van der Waals surface area contributed by atoms with E-state index in [-0.39, 0.29) is 18.8 Å². The monoisotopic (exact) mass is 226 g/mol. The highest BCUT2D eigenvalue weighted by Crippen LogP contribution is 2.18. The van der Waals surface area contributed by atoms with Gasteiger partial charge < -0.3 is 10.5 Å². The number of nitrogens with two attached hydrogens (primary N) is 1. The van der Waals surface area contributed by atoms with Crippen molar-refractivity contribution in [3.05, 3.63) is 29.8 Å². The molecule has 0 saturated heterocycles. The Bertz CT molecular complexity index is 413. The first-order valence-corrected chi connectivity index (χ1v) is 4.72. The van der Waals surface area contributed by atoms with E-state index in [4.69, 9.17) is 15.7 Å². The van der Waals surface area contributed by atoms with Gasteiger partial charge >= 0.3 is 0 Å². The Hall–Kier alpha value is -1.67. The van der Waals surface area contributed by atoms with Crippen LogP contribution in [0, 0.1) is 23.0 Å². The molecule has 1 atom stereocenters. The number of nitrogens with zero attached hydrogens (tertiary/aromatic N) is 1. The highest BCUT2D eigenvalue weighted by molar-refractivity contribution is 5.24. The van der Waals surface area contributed by atoms with Gasteiger partial charge in [0.25, 0.3) is 0 Å². The second-order valence-corrected chi connectivity index (χ2v) is 3.70. The van der Waals surface area contributed by atoms with Crippen LogP contribution in [-0.2, 0) is 0 Å². The molecule has 0 fully saturated rings. The molecule has 5 heteroatoms. The molecule has 1 unspecified atom stereocenters. The summed E-state index contributed by atoms with van der Waals surface area (Å²) in [5.41, 5.74) is 4.52. The third-order valence-electron chi connectivity index (χ3n) is 2.03. The van der Waals surface area contributed by atoms with Crippen LogP contribution in [-0.4, -0.2) is 12.1 Å². The molecule has 0 radical (unpaired) electrons. The van der Waals surface area contributed by atoms with Crippen molar-refractivity contribution in [2.45, 2.75) is 18.9 Å². The van der Waals surface area contributed by atoms with Crippen molar-refractivity contribution in [3.63, 3.8) is 0 Å². The molecule has 0 saturated carbocycles. The quantitative estimate of drug-likeness (QED) is 0.853. The first kappa shape index (κ1) is 12.4. The fraction of sp³-hybridized carbons (Fsp3) is 0.364. The van der Waals surface area contributed by atoms with Gasteiger partial charge in [0.1, 0.15) is 11.4 Å². The SMILES string of the molecule is CC(N)(C#N)CCOc1cc(F)ccc1F. The van der Waals surface area contributed by atoms with E-state index in [0.717, 1.165) is 18.2 Å². The maximum absolute atomic E-state index is 13.1. The molecular weight excluding hydrogens is 214 g/mol. The summed E-state index contributed by atoms with van der Waals surface area (Å²) in [4.78, 5) is 0. The summed E-state index contributed by atoms with van der Waals surface area (Å²) in [5.74, 6) is -1.39. The summed E-state index contributed by atoms with van der Waals surface area (Å²) in [6.07, 6.45) is 0.236. The van der Waals surface area contributed by atoms with Gasteiger partial charge in [-0.2, -0.15) is 5.26 Å². The summed E-state index contributed by atoms with van der Waals surface area (Å²) >= 11 is 0. The largest absolute Gasteiger partial charge is 0.490 e. The zero-order valence-electron chi connectivity index (χ0n) is 8.84. The summed E-state index contributed by atoms with van der Waals surface area (Å²) < 4.78 is 30.8. The molecule has 0 aromatic heterocycles. The molecule has 0 aliphatic rings. The van der Waals surface area contributed by atoms with Crippen LogP contribution in [0.15, 0.2) is 18.2 Å². The molecule has 86 valence electrons. The molecule has 2 N–H and O–H groups in total. The van der Waals surface area contributed by atoms with Crippen LogP contribution in [0.4, 0.5) is 8.78 Å². The van der Waals surface area contributed by atoms with Crippen LogP contribution >= 0.6 is 0 Å². The molecule has 0 spiro atoms. The van der Waals surface area contributed by atoms with Crippen molar-refractivity contribution < 1.29 is 13.5 Å². The predicted molar refractivity (Wildman–Crippen MR) is 54.7 cm³/mol. The van der Waals surface area contributed by atoms with E-state index in [2.05, 4.69) is 0 Å². The number of ether oxygens (including phenoxy) is 1. The first-order chi connectivity index (χ1) is 7.44. The lowest BCUT2D eigenvalue weighted by atomic mass is 10.0. The van der Waals surface area contributed by atoms with Crippen LogP contribution in [0.3, 0.4) is 0 Å². The molecule has 16 heavy (non-hydrogen) atoms. The molecule has 0 bridgehead atoms. The molecule has 0 aliphatic carbocycles. The average molecular weight is 226 g/mol. The smallest absolute Gasteiger partial charge is 0.165 e. The topological polar surface area (TPSA) is 59.0 Å². The molecule has 0 amide bonds. The third kappa shape index (κ3) is 3.48. The van der Waals surface area contributed by atoms with Crippen LogP contribution in [0.5, 0.6) is 5.75 Å². The Morgan fingerprint density at radius 1 is 1.50 bits per heavy atom. The second-order valence-electron chi connectivity index (χ2n) is 3.70. The first-order valence-electron chi connectivity index (χ1n) is 4.72. The van der Waals surface area contributed by atoms with Crippen molar-refractivity contribution in [3.8, 4) is 11.8 Å². The van der Waals surface area contributed by atoms with E-state index in [0.29, 0.717) is 0 Å². The normalized spacial score (nSPS) is 13.9. The van der Waals surface area contributed by atoms with Gasteiger partial charge in [-0.25, -0.2) is 8.78 Å². The summed E-state index contributed by atoms with van der Waals surface area (Å²) in [6.45, 7) is 1.60. The number of rotatable bonds is 4. The van der Waals surface area contributed by atoms with E-state index in [1.54, 1.807) is 0 Å². The van der Waals surface area contributed by atoms with Gasteiger partial charge in [-0.1, -0.05) is 0 Å². The Kier molecular flexibility index (Phi) is 3.80. The molecule has 1 rings (SSSR count). The van der Waals surface area contributed by atoms with Crippen molar-refractivity contribution in [1.82, 2.24) is 0 Å². The van der Waals surface area contributed by atoms with Gasteiger partial charge in [0.15, 0.2) is 11.6 Å². The van der Waals surface area contributed by atoms with Crippen LogP contribution in [0.25, 0.3) is 0 Å². The van der Waals surface area contributed by atoms with Crippen molar-refractivity contribution >= 4 is 0 Å². The lowest BCUT2D eigenvalue weighted by Crippen LogP contribution is -2.35. The Labute approximate surface area is 92.4 Å². The maximum Gasteiger partial charge on any atom is 0.165 e. The third-order valence-corrected chi connectivity index (χ3v) is 2.03. The Balaban J connectivity index is 2.56. The number of nitriles is 1. The molecule has 1 aromatic rings. The summed E-state index contributed by atoms with van der Waals surface area (Å²) in [7, 11) is 0. The zero-order chi connectivity index (χ0) is 12.2. The minimum atomic E-state index is -1.02. The second kappa shape index (κ2) is 4.90. The Morgan fingerprint density at radius 2 is 2.19 bits per heavy atom. The number of hydrogen-bond donors (Lipinski definition) is 1. The number of halogens is 2. The average Bonchev–Trinajstić information content (AvgIpc) is 2.23. The van der Waals surface area contributed by atoms with E-state index < -0.39 is 17.2 Å². The zero-order valence-corrected chi connectivity index (χ0v) is 8.84. The fourth-order valence-corrected chi connectivity index (χ4v) is 1.02. The minimum Gasteiger partial charge on any atom is -0.490 e. The van der Waals surface area contributed by atoms with Gasteiger partial charge in [0.2, 0.25) is 0 Å². The summed E-state index contributed by atoms with van der Waals surface area (Å²) in [6, 6.07) is 4.82. The lowest BCUT2D eigenvalue weighted by Gasteiger charge is -2.15. The summed E-state index contributed by atoms with van der Waals surface area (Å²) in [5, 5.41) is 8.63. The van der Waals surface area contributed by atoms with E-state index in [9.17, 15) is 8.78 Å².